The summed E-state index contributed by atoms with van der Waals surface area (Å²) >= 11 is 0. The van der Waals surface area contributed by atoms with Crippen LogP contribution in [-0.4, -0.2) is 17.8 Å². The second-order valence-corrected chi connectivity index (χ2v) is 13.9. The van der Waals surface area contributed by atoms with Gasteiger partial charge in [0, 0.05) is 22.6 Å². The highest BCUT2D eigenvalue weighted by Crippen LogP contribution is 2.31. The molecular formula is C42H15BF20N2O2. The van der Waals surface area contributed by atoms with Crippen molar-refractivity contribution in [3.05, 3.63) is 194 Å². The van der Waals surface area contributed by atoms with Crippen LogP contribution in [0.25, 0.3) is 10.8 Å². The van der Waals surface area contributed by atoms with E-state index in [1.807, 2.05) is 47.3 Å². The molecule has 0 saturated heterocycles. The summed E-state index contributed by atoms with van der Waals surface area (Å²) in [6.07, 6.45) is -3.51. The molecule has 7 aromatic rings. The molecule has 0 fully saturated rings. The minimum absolute atomic E-state index is 0.0380. The van der Waals surface area contributed by atoms with Crippen molar-refractivity contribution in [3.63, 3.8) is 0 Å². The summed E-state index contributed by atoms with van der Waals surface area (Å²) in [5, 5.41) is 1.87. The van der Waals surface area contributed by atoms with Crippen LogP contribution >= 0.6 is 0 Å². The van der Waals surface area contributed by atoms with Crippen molar-refractivity contribution in [2.24, 2.45) is 5.73 Å². The number of amides is 1. The lowest BCUT2D eigenvalue weighted by Crippen LogP contribution is -2.81. The summed E-state index contributed by atoms with van der Waals surface area (Å²) in [7, 11) is 0. The minimum atomic E-state index is -7.22. The van der Waals surface area contributed by atoms with Crippen LogP contribution in [0.15, 0.2) is 67.0 Å². The van der Waals surface area contributed by atoms with Gasteiger partial charge in [-0.3, -0.25) is 9.59 Å². The van der Waals surface area contributed by atoms with Crippen LogP contribution in [0.2, 0.25) is 0 Å². The molecule has 0 aliphatic heterocycles. The van der Waals surface area contributed by atoms with E-state index in [1.54, 1.807) is 24.3 Å². The Morgan fingerprint density at radius 3 is 1.01 bits per heavy atom. The summed E-state index contributed by atoms with van der Waals surface area (Å²) in [5.41, 5.74) is -7.89. The smallest absolute Gasteiger partial charge is 0.248 e. The van der Waals surface area contributed by atoms with Gasteiger partial charge in [-0.2, -0.15) is 4.57 Å². The number of rotatable bonds is 8. The monoisotopic (exact) mass is 970 g/mol. The average Bonchev–Trinajstić information content (AvgIpc) is 3.31. The normalized spacial score (nSPS) is 11.5. The third-order valence-electron chi connectivity index (χ3n) is 10.3. The number of hydrogen-bond acceptors (Lipinski definition) is 2. The molecule has 0 saturated carbocycles. The van der Waals surface area contributed by atoms with E-state index in [4.69, 9.17) is 5.73 Å². The molecule has 1 amide bonds. The highest BCUT2D eigenvalue weighted by molar-refractivity contribution is 7.20. The maximum absolute atomic E-state index is 15.4. The van der Waals surface area contributed by atoms with Crippen molar-refractivity contribution in [1.29, 1.82) is 0 Å². The Morgan fingerprint density at radius 1 is 0.388 bits per heavy atom. The van der Waals surface area contributed by atoms with Gasteiger partial charge in [-0.25, -0.2) is 87.8 Å². The first kappa shape index (κ1) is 49.0. The predicted molar refractivity (Wildman–Crippen MR) is 193 cm³/mol. The van der Waals surface area contributed by atoms with E-state index in [1.165, 1.54) is 0 Å². The van der Waals surface area contributed by atoms with Crippen molar-refractivity contribution in [1.82, 2.24) is 0 Å². The van der Waals surface area contributed by atoms with Gasteiger partial charge in [-0.15, -0.1) is 21.9 Å². The molecule has 0 aliphatic carbocycles. The van der Waals surface area contributed by atoms with E-state index in [-0.39, 0.29) is 12.3 Å². The third kappa shape index (κ3) is 7.83. The van der Waals surface area contributed by atoms with Crippen LogP contribution < -0.4 is 32.2 Å². The van der Waals surface area contributed by atoms with Gasteiger partial charge in [0.2, 0.25) is 18.2 Å². The number of fused-ring (bicyclic) bond motifs is 1. The summed E-state index contributed by atoms with van der Waals surface area (Å²) in [6.45, 7) is 0.251. The molecule has 0 unspecified atom stereocenters. The Bertz CT molecular complexity index is 2840. The number of benzene rings is 6. The maximum Gasteiger partial charge on any atom is 0.248 e. The number of Topliss-reactive ketones (excluding diaryl/α,β-unsaturated/α-hetero) is 1. The Kier molecular flexibility index (Phi) is 13.2. The second-order valence-electron chi connectivity index (χ2n) is 13.9. The van der Waals surface area contributed by atoms with Crippen LogP contribution in [0.4, 0.5) is 87.8 Å². The number of carbonyl (C=O) groups excluding carboxylic acids is 2. The molecule has 7 rings (SSSR count). The van der Waals surface area contributed by atoms with Crippen molar-refractivity contribution in [2.75, 3.05) is 0 Å². The predicted octanol–water partition coefficient (Wildman–Crippen LogP) is 7.96. The van der Waals surface area contributed by atoms with Crippen LogP contribution in [0, 0.1) is 116 Å². The summed E-state index contributed by atoms with van der Waals surface area (Å²) < 4.78 is 296. The lowest BCUT2D eigenvalue weighted by Gasteiger charge is -2.44. The van der Waals surface area contributed by atoms with Crippen molar-refractivity contribution < 1.29 is 102 Å². The number of hydrogen-bond donors (Lipinski definition) is 1. The van der Waals surface area contributed by atoms with Gasteiger partial charge in [0.05, 0.1) is 0 Å². The largest absolute Gasteiger partial charge is 0.366 e. The van der Waals surface area contributed by atoms with Crippen molar-refractivity contribution in [2.45, 2.75) is 6.54 Å². The maximum atomic E-state index is 15.4. The third-order valence-corrected chi connectivity index (χ3v) is 10.3. The molecule has 67 heavy (non-hydrogen) atoms. The van der Waals surface area contributed by atoms with E-state index in [2.05, 4.69) is 0 Å². The van der Waals surface area contributed by atoms with Gasteiger partial charge in [-0.05, 0) is 17.5 Å². The first-order valence-electron chi connectivity index (χ1n) is 17.9. The average molecular weight is 970 g/mol. The van der Waals surface area contributed by atoms with E-state index >= 15 is 35.1 Å². The number of nitrogens with two attached hydrogens (primary N) is 1. The Hall–Kier alpha value is -7.47. The molecule has 2 N–H and O–H groups in total. The zero-order chi connectivity index (χ0) is 49.9. The van der Waals surface area contributed by atoms with E-state index in [9.17, 15) is 62.3 Å². The highest BCUT2D eigenvalue weighted by atomic mass is 19.2. The summed E-state index contributed by atoms with van der Waals surface area (Å²) in [6, 6.07) is 16.4. The van der Waals surface area contributed by atoms with Gasteiger partial charge >= 0.3 is 0 Å². The highest BCUT2D eigenvalue weighted by Gasteiger charge is 2.52. The number of carbonyl (C=O) groups is 2. The quantitative estimate of drug-likeness (QED) is 0.0420. The van der Waals surface area contributed by atoms with Gasteiger partial charge in [0.15, 0.2) is 82.2 Å². The molecule has 0 radical (unpaired) electrons. The molecule has 1 heterocycles. The van der Waals surface area contributed by atoms with Crippen LogP contribution in [0.3, 0.4) is 0 Å². The van der Waals surface area contributed by atoms with Crippen molar-refractivity contribution in [3.8, 4) is 0 Å². The van der Waals surface area contributed by atoms with Crippen LogP contribution in [0.5, 0.6) is 0 Å². The van der Waals surface area contributed by atoms with E-state index in [0.717, 1.165) is 10.8 Å². The van der Waals surface area contributed by atoms with Crippen molar-refractivity contribution >= 4 is 50.5 Å². The summed E-state index contributed by atoms with van der Waals surface area (Å²) in [5.74, 6) is -71.8. The molecule has 348 valence electrons. The summed E-state index contributed by atoms with van der Waals surface area (Å²) in [4.78, 5) is 23.5. The zero-order valence-corrected chi connectivity index (χ0v) is 32.0. The number of nitrogens with zero attached hydrogens (tertiary/aromatic N) is 1. The molecule has 0 atom stereocenters. The molecule has 0 spiro atoms. The minimum Gasteiger partial charge on any atom is -0.366 e. The Balaban J connectivity index is 0.000000279. The van der Waals surface area contributed by atoms with Gasteiger partial charge in [-0.1, -0.05) is 36.4 Å². The number of halogens is 20. The van der Waals surface area contributed by atoms with Gasteiger partial charge in [0.1, 0.15) is 52.7 Å². The first-order chi connectivity index (χ1) is 31.3. The number of primary amides is 1. The second kappa shape index (κ2) is 18.1. The SMILES string of the molecule is Fc1c(F)c(F)c([B-](c2c(F)c(F)c(F)c(F)c2F)(c2c(F)c(F)c(F)c(F)c2F)c2c(F)c(F)c(F)c(F)c2F)c(F)c1F.NC(=O)c1ccc2cc[n+](CC(=O)c3ccccc3)cc2c1. The molecule has 0 aliphatic rings. The molecule has 1 aromatic heterocycles. The first-order valence-corrected chi connectivity index (χ1v) is 17.9. The Morgan fingerprint density at radius 2 is 0.701 bits per heavy atom. The number of ketones is 1. The molecular weight excluding hydrogens is 955 g/mol. The standard InChI is InChI=1S/C24BF20.C18H14N2O2/c26-5-1(6(27)14(35)21(42)13(5)34)25(2-7(28)15(36)22(43)16(37)8(2)29,3-9(30)17(38)23(44)18(39)10(3)31)4-11(32)19(40)24(45)20(41)12(4)33;19-18(22)15-7-6-13-8-9-20(11-16(13)10-15)12-17(21)14-4-2-1-3-5-14/h;1-11H,12H2,(H-,19,22)/q-1;/p+1. The number of pyridine rings is 1. The Labute approximate surface area is 359 Å². The fourth-order valence-corrected chi connectivity index (χ4v) is 7.24. The van der Waals surface area contributed by atoms with E-state index < -0.39 is 150 Å². The van der Waals surface area contributed by atoms with Crippen LogP contribution in [0.1, 0.15) is 20.7 Å². The fourth-order valence-electron chi connectivity index (χ4n) is 7.24. The van der Waals surface area contributed by atoms with E-state index in [0.29, 0.717) is 11.1 Å². The molecule has 0 bridgehead atoms. The number of aromatic nitrogens is 1. The molecule has 6 aromatic carbocycles. The topological polar surface area (TPSA) is 64.0 Å². The fraction of sp³-hybridized carbons (Fsp3) is 0.0238. The lowest BCUT2D eigenvalue weighted by molar-refractivity contribution is -0.681. The van der Waals surface area contributed by atoms with Gasteiger partial charge < -0.3 is 5.73 Å². The molecule has 4 nitrogen and oxygen atoms in total. The van der Waals surface area contributed by atoms with Gasteiger partial charge in [0.25, 0.3) is 0 Å². The lowest BCUT2D eigenvalue weighted by atomic mass is 9.12. The molecule has 25 heteroatoms. The van der Waals surface area contributed by atoms with Crippen LogP contribution in [-0.2, 0) is 6.54 Å². The zero-order valence-electron chi connectivity index (χ0n) is 32.0.